The number of unbranched alkanes of at least 4 members (excludes halogenated alkanes) is 2. The van der Waals surface area contributed by atoms with Gasteiger partial charge in [0.15, 0.2) is 0 Å². The number of benzene rings is 2. The molecule has 9 nitrogen and oxygen atoms in total. The van der Waals surface area contributed by atoms with Crippen LogP contribution in [0.25, 0.3) is 22.5 Å². The average Bonchev–Trinajstić information content (AvgIpc) is 3.51. The second-order valence-electron chi connectivity index (χ2n) is 8.28. The minimum atomic E-state index is -0.362. The van der Waals surface area contributed by atoms with Crippen molar-refractivity contribution in [2.45, 2.75) is 58.9 Å². The third kappa shape index (κ3) is 5.03. The molecule has 0 aliphatic carbocycles. The van der Waals surface area contributed by atoms with Crippen molar-refractivity contribution in [1.29, 1.82) is 0 Å². The molecular formula is C25H29N7O2. The Kier molecular flexibility index (Phi) is 7.41. The van der Waals surface area contributed by atoms with Crippen LogP contribution in [0.3, 0.4) is 0 Å². The Balaban J connectivity index is 1.61. The van der Waals surface area contributed by atoms with E-state index in [1.54, 1.807) is 4.57 Å². The first-order valence-corrected chi connectivity index (χ1v) is 11.8. The molecule has 0 aliphatic heterocycles. The Morgan fingerprint density at radius 2 is 1.71 bits per heavy atom. The molecule has 2 heterocycles. The third-order valence-corrected chi connectivity index (χ3v) is 5.79. The fraction of sp³-hybridized carbons (Fsp3) is 0.360. The number of hydrogen-bond donors (Lipinski definition) is 1. The number of carbonyl (C=O) groups excluding carboxylic acids is 1. The predicted molar refractivity (Wildman–Crippen MR) is 129 cm³/mol. The van der Waals surface area contributed by atoms with Crippen LogP contribution in [-0.4, -0.2) is 40.9 Å². The molecule has 2 aromatic carbocycles. The number of H-pyrrole nitrogens is 1. The standard InChI is InChI=1S/C25H29N7O2/c1-3-5-11-22-28-32(23(33)12-6-4-2)25(34)31(22)17-18-13-15-19(16-14-18)20-9-7-8-10-21(20)24-26-29-30-27-24/h7-10,13-16H,3-6,11-12,17H2,1-2H3,(H,26,27,29,30). The highest BCUT2D eigenvalue weighted by atomic mass is 16.2. The van der Waals surface area contributed by atoms with Gasteiger partial charge in [0.2, 0.25) is 5.82 Å². The van der Waals surface area contributed by atoms with Crippen LogP contribution in [0.1, 0.15) is 62.1 Å². The fourth-order valence-corrected chi connectivity index (χ4v) is 3.89. The van der Waals surface area contributed by atoms with E-state index in [-0.39, 0.29) is 11.6 Å². The summed E-state index contributed by atoms with van der Waals surface area (Å²) in [7, 11) is 0. The predicted octanol–water partition coefficient (Wildman–Crippen LogP) is 4.11. The van der Waals surface area contributed by atoms with E-state index in [9.17, 15) is 9.59 Å². The molecule has 176 valence electrons. The zero-order valence-corrected chi connectivity index (χ0v) is 19.6. The number of rotatable bonds is 10. The van der Waals surface area contributed by atoms with Crippen molar-refractivity contribution in [3.63, 3.8) is 0 Å². The molecule has 0 fully saturated rings. The Morgan fingerprint density at radius 3 is 2.38 bits per heavy atom. The summed E-state index contributed by atoms with van der Waals surface area (Å²) in [6.07, 6.45) is 4.52. The van der Waals surface area contributed by atoms with E-state index in [0.717, 1.165) is 52.6 Å². The molecule has 0 bridgehead atoms. The lowest BCUT2D eigenvalue weighted by atomic mass is 9.98. The van der Waals surface area contributed by atoms with Gasteiger partial charge in [0, 0.05) is 18.4 Å². The smallest absolute Gasteiger partial charge is 0.274 e. The largest absolute Gasteiger partial charge is 0.353 e. The minimum absolute atomic E-state index is 0.239. The summed E-state index contributed by atoms with van der Waals surface area (Å²) in [6.45, 7) is 4.48. The van der Waals surface area contributed by atoms with Crippen LogP contribution in [0.4, 0.5) is 0 Å². The molecule has 9 heteroatoms. The molecule has 0 aliphatic rings. The van der Waals surface area contributed by atoms with Crippen molar-refractivity contribution in [3.8, 4) is 22.5 Å². The molecule has 0 atom stereocenters. The van der Waals surface area contributed by atoms with Gasteiger partial charge in [-0.05, 0) is 34.7 Å². The molecule has 4 rings (SSSR count). The van der Waals surface area contributed by atoms with Gasteiger partial charge in [-0.25, -0.2) is 4.79 Å². The fourth-order valence-electron chi connectivity index (χ4n) is 3.89. The molecule has 2 aromatic heterocycles. The zero-order valence-electron chi connectivity index (χ0n) is 19.6. The number of aromatic amines is 1. The number of nitrogens with zero attached hydrogens (tertiary/aromatic N) is 6. The SMILES string of the molecule is CCCCC(=O)n1nc(CCCC)n(Cc2ccc(-c3ccccc3-c3nn[nH]n3)cc2)c1=O. The lowest BCUT2D eigenvalue weighted by Gasteiger charge is -2.09. The normalized spacial score (nSPS) is 11.1. The first kappa shape index (κ1) is 23.3. The van der Waals surface area contributed by atoms with Gasteiger partial charge < -0.3 is 0 Å². The summed E-state index contributed by atoms with van der Waals surface area (Å²) in [5.41, 5.74) is 3.48. The Bertz CT molecular complexity index is 1290. The second kappa shape index (κ2) is 10.8. The maximum Gasteiger partial charge on any atom is 0.353 e. The van der Waals surface area contributed by atoms with Crippen molar-refractivity contribution >= 4 is 5.91 Å². The molecule has 4 aromatic rings. The summed E-state index contributed by atoms with van der Waals surface area (Å²) in [6, 6.07) is 15.9. The van der Waals surface area contributed by atoms with E-state index >= 15 is 0 Å². The number of aryl methyl sites for hydroxylation is 1. The highest BCUT2D eigenvalue weighted by Crippen LogP contribution is 2.29. The number of tetrazole rings is 1. The highest BCUT2D eigenvalue weighted by Gasteiger charge is 2.18. The van der Waals surface area contributed by atoms with Gasteiger partial charge in [-0.15, -0.1) is 20.0 Å². The Hall–Kier alpha value is -3.88. The van der Waals surface area contributed by atoms with Gasteiger partial charge in [-0.2, -0.15) is 5.21 Å². The maximum absolute atomic E-state index is 13.0. The molecule has 0 amide bonds. The average molecular weight is 460 g/mol. The first-order valence-electron chi connectivity index (χ1n) is 11.8. The molecule has 0 saturated heterocycles. The van der Waals surface area contributed by atoms with Crippen LogP contribution in [0.5, 0.6) is 0 Å². The van der Waals surface area contributed by atoms with Crippen molar-refractivity contribution in [2.75, 3.05) is 0 Å². The molecule has 0 spiro atoms. The lowest BCUT2D eigenvalue weighted by Crippen LogP contribution is -2.30. The molecule has 0 unspecified atom stereocenters. The van der Waals surface area contributed by atoms with Crippen LogP contribution in [0.15, 0.2) is 53.3 Å². The molecular weight excluding hydrogens is 430 g/mol. The van der Waals surface area contributed by atoms with E-state index in [4.69, 9.17) is 0 Å². The summed E-state index contributed by atoms with van der Waals surface area (Å²) >= 11 is 0. The van der Waals surface area contributed by atoms with Crippen LogP contribution in [0.2, 0.25) is 0 Å². The maximum atomic E-state index is 13.0. The van der Waals surface area contributed by atoms with E-state index in [1.165, 1.54) is 0 Å². The second-order valence-corrected chi connectivity index (χ2v) is 8.28. The van der Waals surface area contributed by atoms with Crippen molar-refractivity contribution < 1.29 is 4.79 Å². The quantitative estimate of drug-likeness (QED) is 0.382. The minimum Gasteiger partial charge on any atom is -0.274 e. The molecule has 1 N–H and O–H groups in total. The number of nitrogens with one attached hydrogen (secondary N) is 1. The Labute approximate surface area is 197 Å². The number of carbonyl (C=O) groups is 1. The van der Waals surface area contributed by atoms with Crippen LogP contribution < -0.4 is 5.69 Å². The monoisotopic (exact) mass is 459 g/mol. The lowest BCUT2D eigenvalue weighted by molar-refractivity contribution is 0.0878. The summed E-state index contributed by atoms with van der Waals surface area (Å²) in [5.74, 6) is 0.951. The van der Waals surface area contributed by atoms with E-state index in [0.29, 0.717) is 31.0 Å². The highest BCUT2D eigenvalue weighted by molar-refractivity contribution is 5.80. The van der Waals surface area contributed by atoms with Gasteiger partial charge in [-0.1, -0.05) is 75.2 Å². The van der Waals surface area contributed by atoms with Gasteiger partial charge in [0.25, 0.3) is 5.91 Å². The molecule has 0 radical (unpaired) electrons. The molecule has 34 heavy (non-hydrogen) atoms. The summed E-state index contributed by atoms with van der Waals surface area (Å²) < 4.78 is 2.68. The van der Waals surface area contributed by atoms with Crippen molar-refractivity contribution in [2.24, 2.45) is 0 Å². The Morgan fingerprint density at radius 1 is 0.971 bits per heavy atom. The topological polar surface area (TPSA) is 111 Å². The molecule has 0 saturated carbocycles. The van der Waals surface area contributed by atoms with Crippen LogP contribution in [0, 0.1) is 0 Å². The van der Waals surface area contributed by atoms with Crippen LogP contribution >= 0.6 is 0 Å². The van der Waals surface area contributed by atoms with Gasteiger partial charge >= 0.3 is 5.69 Å². The van der Waals surface area contributed by atoms with Gasteiger partial charge in [-0.3, -0.25) is 9.36 Å². The summed E-state index contributed by atoms with van der Waals surface area (Å²) in [5, 5.41) is 18.8. The van der Waals surface area contributed by atoms with E-state index < -0.39 is 0 Å². The third-order valence-electron chi connectivity index (χ3n) is 5.79. The number of aromatic nitrogens is 7. The first-order chi connectivity index (χ1) is 16.6. The van der Waals surface area contributed by atoms with Crippen LogP contribution in [-0.2, 0) is 13.0 Å². The van der Waals surface area contributed by atoms with Crippen molar-refractivity contribution in [3.05, 3.63) is 70.4 Å². The number of hydrogen-bond acceptors (Lipinski definition) is 6. The van der Waals surface area contributed by atoms with Gasteiger partial charge in [0.05, 0.1) is 6.54 Å². The van der Waals surface area contributed by atoms with Crippen molar-refractivity contribution in [1.82, 2.24) is 35.0 Å². The van der Waals surface area contributed by atoms with Gasteiger partial charge in [0.1, 0.15) is 5.82 Å². The van der Waals surface area contributed by atoms with E-state index in [2.05, 4.69) is 32.6 Å². The van der Waals surface area contributed by atoms with E-state index in [1.807, 2.05) is 55.5 Å². The zero-order chi connectivity index (χ0) is 23.9. The summed E-state index contributed by atoms with van der Waals surface area (Å²) in [4.78, 5) is 25.6.